The molecule has 0 aromatic carbocycles. The molecule has 1 N–H and O–H groups in total. The van der Waals surface area contributed by atoms with Gasteiger partial charge in [-0.1, -0.05) is 52.3 Å². The Labute approximate surface area is 209 Å². The highest BCUT2D eigenvalue weighted by Crippen LogP contribution is 2.64. The lowest BCUT2D eigenvalue weighted by Gasteiger charge is -2.39. The first-order chi connectivity index (χ1) is 16.8. The molecule has 3 aliphatic heterocycles. The van der Waals surface area contributed by atoms with Crippen LogP contribution in [0.2, 0.25) is 0 Å². The van der Waals surface area contributed by atoms with Crippen LogP contribution < -0.4 is 0 Å². The van der Waals surface area contributed by atoms with Gasteiger partial charge in [0.15, 0.2) is 0 Å². The number of amides is 2. The van der Waals surface area contributed by atoms with Crippen molar-refractivity contribution in [3.8, 4) is 0 Å². The van der Waals surface area contributed by atoms with Crippen LogP contribution in [-0.4, -0.2) is 82.3 Å². The molecular weight excluding hydrogens is 448 g/mol. The third kappa shape index (κ3) is 4.44. The Morgan fingerprint density at radius 1 is 1.26 bits per heavy atom. The topological polar surface area (TPSA) is 96.4 Å². The summed E-state index contributed by atoms with van der Waals surface area (Å²) >= 11 is 0. The van der Waals surface area contributed by atoms with Crippen molar-refractivity contribution in [2.45, 2.75) is 89.0 Å². The quantitative estimate of drug-likeness (QED) is 0.229. The second-order valence-electron chi connectivity index (χ2n) is 10.0. The highest BCUT2D eigenvalue weighted by atomic mass is 16.6. The maximum Gasteiger partial charge on any atom is 0.313 e. The summed E-state index contributed by atoms with van der Waals surface area (Å²) in [5.41, 5.74) is -1.95. The third-order valence-corrected chi connectivity index (χ3v) is 8.22. The van der Waals surface area contributed by atoms with Crippen molar-refractivity contribution < 1.29 is 29.0 Å². The molecule has 196 valence electrons. The minimum atomic E-state index is -1.12. The maximum absolute atomic E-state index is 14.2. The number of likely N-dealkylation sites (tertiary alicyclic amines) is 1. The van der Waals surface area contributed by atoms with Crippen molar-refractivity contribution in [2.24, 2.45) is 11.8 Å². The van der Waals surface area contributed by atoms with Gasteiger partial charge in [-0.15, -0.1) is 6.58 Å². The van der Waals surface area contributed by atoms with Gasteiger partial charge in [0.25, 0.3) is 0 Å². The van der Waals surface area contributed by atoms with Gasteiger partial charge >= 0.3 is 5.97 Å². The van der Waals surface area contributed by atoms with Crippen molar-refractivity contribution in [2.75, 3.05) is 26.3 Å². The number of hydrogen-bond acceptors (Lipinski definition) is 6. The van der Waals surface area contributed by atoms with E-state index in [0.29, 0.717) is 38.8 Å². The van der Waals surface area contributed by atoms with E-state index in [9.17, 15) is 19.5 Å². The number of ether oxygens (including phenoxy) is 2. The van der Waals surface area contributed by atoms with Gasteiger partial charge < -0.3 is 24.4 Å². The molecule has 0 saturated carbocycles. The minimum absolute atomic E-state index is 0.0495. The molecule has 3 fully saturated rings. The standard InChI is InChI=1S/C27H42N2O6/c1-6-11-12-16-28(15-7-2)24(32)22-27-14-13-26(10-5,35-27)21(25(33)34-17-8-3)20(27)23(31)29(22)19(9-4)18-30/h7-8,19-22,30H,2-3,6,9-18H2,1,4-5H3/t19-,20-,21+,22?,26-,27?/m0/s1. The summed E-state index contributed by atoms with van der Waals surface area (Å²) < 4.78 is 12.2. The van der Waals surface area contributed by atoms with Gasteiger partial charge in [0.1, 0.15) is 24.2 Å². The maximum atomic E-state index is 14.2. The normalized spacial score (nSPS) is 31.8. The average molecular weight is 491 g/mol. The van der Waals surface area contributed by atoms with Crippen LogP contribution in [0.5, 0.6) is 0 Å². The van der Waals surface area contributed by atoms with E-state index in [1.807, 2.05) is 13.8 Å². The van der Waals surface area contributed by atoms with Crippen LogP contribution in [0.3, 0.4) is 0 Å². The minimum Gasteiger partial charge on any atom is -0.461 e. The first-order valence-corrected chi connectivity index (χ1v) is 13.1. The van der Waals surface area contributed by atoms with E-state index < -0.39 is 41.1 Å². The zero-order valence-electron chi connectivity index (χ0n) is 21.5. The highest BCUT2D eigenvalue weighted by Gasteiger charge is 2.79. The predicted octanol–water partition coefficient (Wildman–Crippen LogP) is 2.85. The number of esters is 1. The summed E-state index contributed by atoms with van der Waals surface area (Å²) in [5.74, 6) is -2.59. The molecular formula is C27H42N2O6. The van der Waals surface area contributed by atoms with Crippen LogP contribution in [-0.2, 0) is 23.9 Å². The summed E-state index contributed by atoms with van der Waals surface area (Å²) in [4.78, 5) is 44.8. The van der Waals surface area contributed by atoms with E-state index in [1.165, 1.54) is 11.0 Å². The molecule has 3 heterocycles. The molecule has 8 nitrogen and oxygen atoms in total. The van der Waals surface area contributed by atoms with Crippen LogP contribution in [0, 0.1) is 11.8 Å². The van der Waals surface area contributed by atoms with Crippen molar-refractivity contribution in [3.05, 3.63) is 25.3 Å². The molecule has 2 amide bonds. The largest absolute Gasteiger partial charge is 0.461 e. The third-order valence-electron chi connectivity index (χ3n) is 8.22. The van der Waals surface area contributed by atoms with Crippen LogP contribution in [0.25, 0.3) is 0 Å². The lowest BCUT2D eigenvalue weighted by Crippen LogP contribution is -2.59. The van der Waals surface area contributed by atoms with Gasteiger partial charge in [-0.05, 0) is 32.1 Å². The number of rotatable bonds is 14. The Morgan fingerprint density at radius 2 is 2.00 bits per heavy atom. The van der Waals surface area contributed by atoms with Gasteiger partial charge in [0, 0.05) is 13.1 Å². The molecule has 3 saturated heterocycles. The smallest absolute Gasteiger partial charge is 0.313 e. The fraction of sp³-hybridized carbons (Fsp3) is 0.741. The molecule has 3 rings (SSSR count). The van der Waals surface area contributed by atoms with E-state index >= 15 is 0 Å². The first-order valence-electron chi connectivity index (χ1n) is 13.1. The molecule has 0 radical (unpaired) electrons. The molecule has 6 atom stereocenters. The van der Waals surface area contributed by atoms with Crippen molar-refractivity contribution >= 4 is 17.8 Å². The number of fused-ring (bicyclic) bond motifs is 1. The lowest BCUT2D eigenvalue weighted by atomic mass is 9.65. The molecule has 0 aliphatic carbocycles. The number of nitrogens with zero attached hydrogens (tertiary/aromatic N) is 2. The Kier molecular flexibility index (Phi) is 8.81. The van der Waals surface area contributed by atoms with E-state index in [1.54, 1.807) is 11.0 Å². The Bertz CT molecular complexity index is 826. The van der Waals surface area contributed by atoms with Gasteiger partial charge in [-0.25, -0.2) is 0 Å². The second kappa shape index (κ2) is 11.2. The summed E-state index contributed by atoms with van der Waals surface area (Å²) in [6, 6.07) is -1.44. The van der Waals surface area contributed by atoms with Crippen molar-refractivity contribution in [3.63, 3.8) is 0 Å². The van der Waals surface area contributed by atoms with Crippen molar-refractivity contribution in [1.82, 2.24) is 9.80 Å². The van der Waals surface area contributed by atoms with E-state index in [4.69, 9.17) is 9.47 Å². The lowest BCUT2D eigenvalue weighted by molar-refractivity contribution is -0.163. The van der Waals surface area contributed by atoms with Gasteiger partial charge in [0.05, 0.1) is 24.2 Å². The number of hydrogen-bond donors (Lipinski definition) is 1. The Balaban J connectivity index is 2.08. The van der Waals surface area contributed by atoms with Crippen molar-refractivity contribution in [1.29, 1.82) is 0 Å². The molecule has 8 heteroatoms. The number of aliphatic hydroxyl groups is 1. The molecule has 2 bridgehead atoms. The number of carbonyl (C=O) groups excluding carboxylic acids is 3. The zero-order valence-corrected chi connectivity index (χ0v) is 21.5. The monoisotopic (exact) mass is 490 g/mol. The second-order valence-corrected chi connectivity index (χ2v) is 10.0. The molecule has 1 spiro atoms. The van der Waals surface area contributed by atoms with Crippen LogP contribution in [0.4, 0.5) is 0 Å². The highest BCUT2D eigenvalue weighted by molar-refractivity contribution is 5.98. The van der Waals surface area contributed by atoms with E-state index in [-0.39, 0.29) is 25.0 Å². The summed E-state index contributed by atoms with van der Waals surface area (Å²) in [5, 5.41) is 10.2. The van der Waals surface area contributed by atoms with E-state index in [0.717, 1.165) is 19.3 Å². The molecule has 35 heavy (non-hydrogen) atoms. The van der Waals surface area contributed by atoms with Gasteiger partial charge in [-0.2, -0.15) is 0 Å². The fourth-order valence-corrected chi connectivity index (χ4v) is 6.50. The average Bonchev–Trinajstić information content (AvgIpc) is 3.46. The molecule has 2 unspecified atom stereocenters. The summed E-state index contributed by atoms with van der Waals surface area (Å²) in [7, 11) is 0. The number of carbonyl (C=O) groups is 3. The van der Waals surface area contributed by atoms with E-state index in [2.05, 4.69) is 20.1 Å². The van der Waals surface area contributed by atoms with Crippen LogP contribution in [0.1, 0.15) is 65.7 Å². The Morgan fingerprint density at radius 3 is 2.57 bits per heavy atom. The van der Waals surface area contributed by atoms with Gasteiger partial charge in [-0.3, -0.25) is 14.4 Å². The van der Waals surface area contributed by atoms with Crippen LogP contribution >= 0.6 is 0 Å². The SMILES string of the molecule is C=CCOC(=O)[C@H]1[C@H]2C(=O)N([C@@H](CC)CO)C(C(=O)N(CC=C)CCCCC)C23CC[C@]1(CC)O3. The number of unbranched alkanes of at least 4 members (excludes halogenated alkanes) is 2. The number of aliphatic hydroxyl groups excluding tert-OH is 1. The zero-order chi connectivity index (χ0) is 25.8. The summed E-state index contributed by atoms with van der Waals surface area (Å²) in [6.07, 6.45) is 8.16. The summed E-state index contributed by atoms with van der Waals surface area (Å²) in [6.45, 7) is 14.1. The molecule has 3 aliphatic rings. The Hall–Kier alpha value is -2.19. The first kappa shape index (κ1) is 27.4. The van der Waals surface area contributed by atoms with Crippen LogP contribution in [0.15, 0.2) is 25.3 Å². The van der Waals surface area contributed by atoms with Gasteiger partial charge in [0.2, 0.25) is 11.8 Å². The fourth-order valence-electron chi connectivity index (χ4n) is 6.50. The predicted molar refractivity (Wildman–Crippen MR) is 132 cm³/mol. The molecule has 0 aromatic heterocycles. The molecule has 0 aromatic rings.